The van der Waals surface area contributed by atoms with E-state index in [1.165, 1.54) is 0 Å². The van der Waals surface area contributed by atoms with Gasteiger partial charge in [-0.3, -0.25) is 4.18 Å². The second-order valence-electron chi connectivity index (χ2n) is 3.54. The summed E-state index contributed by atoms with van der Waals surface area (Å²) in [6.45, 7) is 2.55. The molecule has 1 N–H and O–H groups in total. The highest BCUT2D eigenvalue weighted by Gasteiger charge is 2.00. The van der Waals surface area contributed by atoms with Gasteiger partial charge in [-0.05, 0) is 19.3 Å². The Balaban J connectivity index is 3.04. The molecule has 0 unspecified atom stereocenters. The largest absolute Gasteiger partial charge is 0.396 e. The molecule has 17 heavy (non-hydrogen) atoms. The van der Waals surface area contributed by atoms with E-state index in [1.807, 2.05) is 0 Å². The van der Waals surface area contributed by atoms with Crippen molar-refractivity contribution in [2.45, 2.75) is 19.3 Å². The molecule has 7 heteroatoms. The summed E-state index contributed by atoms with van der Waals surface area (Å²) < 4.78 is 36.2. The minimum absolute atomic E-state index is 0.150. The SMILES string of the molecule is CS(=O)(=O)OCCCOCCCOCCCO. The first-order valence-corrected chi connectivity index (χ1v) is 7.48. The molecule has 0 heterocycles. The van der Waals surface area contributed by atoms with E-state index in [0.717, 1.165) is 12.7 Å². The summed E-state index contributed by atoms with van der Waals surface area (Å²) in [4.78, 5) is 0. The molecular formula is C10H22O6S. The molecule has 6 nitrogen and oxygen atoms in total. The van der Waals surface area contributed by atoms with Crippen molar-refractivity contribution >= 4 is 10.1 Å². The van der Waals surface area contributed by atoms with Crippen LogP contribution in [-0.2, 0) is 23.8 Å². The normalized spacial score (nSPS) is 11.9. The van der Waals surface area contributed by atoms with Crippen LogP contribution in [0.2, 0.25) is 0 Å². The molecule has 0 spiro atoms. The van der Waals surface area contributed by atoms with Gasteiger partial charge in [0.1, 0.15) is 0 Å². The van der Waals surface area contributed by atoms with Gasteiger partial charge in [-0.2, -0.15) is 8.42 Å². The maximum atomic E-state index is 10.6. The maximum absolute atomic E-state index is 10.6. The molecule has 0 aromatic heterocycles. The van der Waals surface area contributed by atoms with Crippen molar-refractivity contribution < 1.29 is 27.2 Å². The van der Waals surface area contributed by atoms with Crippen molar-refractivity contribution in [2.24, 2.45) is 0 Å². The average molecular weight is 270 g/mol. The Morgan fingerprint density at radius 1 is 0.882 bits per heavy atom. The van der Waals surface area contributed by atoms with Crippen LogP contribution < -0.4 is 0 Å². The highest BCUT2D eigenvalue weighted by atomic mass is 32.2. The van der Waals surface area contributed by atoms with Crippen molar-refractivity contribution in [2.75, 3.05) is 45.9 Å². The van der Waals surface area contributed by atoms with Gasteiger partial charge in [-0.15, -0.1) is 0 Å². The van der Waals surface area contributed by atoms with E-state index in [-0.39, 0.29) is 13.2 Å². The molecule has 0 fully saturated rings. The monoisotopic (exact) mass is 270 g/mol. The molecule has 0 aromatic rings. The van der Waals surface area contributed by atoms with E-state index < -0.39 is 10.1 Å². The van der Waals surface area contributed by atoms with Gasteiger partial charge >= 0.3 is 0 Å². The summed E-state index contributed by atoms with van der Waals surface area (Å²) in [5, 5.41) is 8.49. The average Bonchev–Trinajstić information content (AvgIpc) is 2.24. The maximum Gasteiger partial charge on any atom is 0.264 e. The number of hydrogen-bond acceptors (Lipinski definition) is 6. The predicted molar refractivity (Wildman–Crippen MR) is 63.4 cm³/mol. The molecule has 104 valence electrons. The molecule has 0 rings (SSSR count). The van der Waals surface area contributed by atoms with E-state index in [2.05, 4.69) is 4.18 Å². The van der Waals surface area contributed by atoms with Crippen molar-refractivity contribution in [3.05, 3.63) is 0 Å². The molecule has 0 aliphatic carbocycles. The standard InChI is InChI=1S/C10H22O6S/c1-17(12,13)16-10-4-9-15-8-3-7-14-6-2-5-11/h11H,2-10H2,1H3. The molecule has 0 saturated carbocycles. The van der Waals surface area contributed by atoms with Crippen LogP contribution in [0.3, 0.4) is 0 Å². The van der Waals surface area contributed by atoms with Gasteiger partial charge in [0.15, 0.2) is 0 Å². The van der Waals surface area contributed by atoms with Crippen molar-refractivity contribution in [1.29, 1.82) is 0 Å². The molecule has 0 radical (unpaired) electrons. The Morgan fingerprint density at radius 3 is 1.82 bits per heavy atom. The lowest BCUT2D eigenvalue weighted by Gasteiger charge is -2.05. The molecule has 0 aliphatic heterocycles. The van der Waals surface area contributed by atoms with Crippen LogP contribution in [0.15, 0.2) is 0 Å². The Kier molecular flexibility index (Phi) is 10.8. The van der Waals surface area contributed by atoms with E-state index >= 15 is 0 Å². The quantitative estimate of drug-likeness (QED) is 0.402. The smallest absolute Gasteiger partial charge is 0.264 e. The van der Waals surface area contributed by atoms with Gasteiger partial charge in [-0.1, -0.05) is 0 Å². The first-order chi connectivity index (χ1) is 8.06. The third-order valence-corrected chi connectivity index (χ3v) is 2.35. The van der Waals surface area contributed by atoms with Gasteiger partial charge < -0.3 is 14.6 Å². The van der Waals surface area contributed by atoms with Crippen LogP contribution in [0.4, 0.5) is 0 Å². The topological polar surface area (TPSA) is 82.1 Å². The summed E-state index contributed by atoms with van der Waals surface area (Å²) >= 11 is 0. The molecule has 0 aromatic carbocycles. The minimum atomic E-state index is -3.33. The lowest BCUT2D eigenvalue weighted by atomic mass is 10.4. The van der Waals surface area contributed by atoms with Gasteiger partial charge in [0.25, 0.3) is 10.1 Å². The third-order valence-electron chi connectivity index (χ3n) is 1.75. The van der Waals surface area contributed by atoms with Crippen LogP contribution in [-0.4, -0.2) is 59.4 Å². The van der Waals surface area contributed by atoms with Crippen LogP contribution in [0.1, 0.15) is 19.3 Å². The Hall–Kier alpha value is -0.210. The number of hydrogen-bond donors (Lipinski definition) is 1. The van der Waals surface area contributed by atoms with Gasteiger partial charge in [0, 0.05) is 33.0 Å². The number of aliphatic hydroxyl groups is 1. The molecule has 0 saturated heterocycles. The lowest BCUT2D eigenvalue weighted by molar-refractivity contribution is 0.0723. The van der Waals surface area contributed by atoms with Crippen LogP contribution in [0, 0.1) is 0 Å². The second-order valence-corrected chi connectivity index (χ2v) is 5.18. The first-order valence-electron chi connectivity index (χ1n) is 5.67. The van der Waals surface area contributed by atoms with E-state index in [0.29, 0.717) is 39.3 Å². The summed E-state index contributed by atoms with van der Waals surface area (Å²) in [7, 11) is -3.33. The van der Waals surface area contributed by atoms with Gasteiger partial charge in [0.2, 0.25) is 0 Å². The zero-order valence-corrected chi connectivity index (χ0v) is 11.1. The third kappa shape index (κ3) is 15.8. The Morgan fingerprint density at radius 2 is 1.35 bits per heavy atom. The fraction of sp³-hybridized carbons (Fsp3) is 1.00. The number of rotatable bonds is 12. The summed E-state index contributed by atoms with van der Waals surface area (Å²) in [5.41, 5.74) is 0. The van der Waals surface area contributed by atoms with Crippen molar-refractivity contribution in [1.82, 2.24) is 0 Å². The van der Waals surface area contributed by atoms with E-state index in [9.17, 15) is 8.42 Å². The summed E-state index contributed by atoms with van der Waals surface area (Å²) in [6, 6.07) is 0. The fourth-order valence-corrected chi connectivity index (χ4v) is 1.43. The molecule has 0 aliphatic rings. The molecular weight excluding hydrogens is 248 g/mol. The van der Waals surface area contributed by atoms with Crippen LogP contribution in [0.5, 0.6) is 0 Å². The molecule has 0 amide bonds. The van der Waals surface area contributed by atoms with Gasteiger partial charge in [0.05, 0.1) is 12.9 Å². The second kappa shape index (κ2) is 10.9. The lowest BCUT2D eigenvalue weighted by Crippen LogP contribution is -2.08. The van der Waals surface area contributed by atoms with Crippen LogP contribution in [0.25, 0.3) is 0 Å². The summed E-state index contributed by atoms with van der Waals surface area (Å²) in [6.07, 6.45) is 3.03. The fourth-order valence-electron chi connectivity index (χ4n) is 1.01. The molecule has 0 bridgehead atoms. The van der Waals surface area contributed by atoms with Crippen molar-refractivity contribution in [3.8, 4) is 0 Å². The van der Waals surface area contributed by atoms with Crippen LogP contribution >= 0.6 is 0 Å². The summed E-state index contributed by atoms with van der Waals surface area (Å²) in [5.74, 6) is 0. The highest BCUT2D eigenvalue weighted by molar-refractivity contribution is 7.85. The Labute approximate surface area is 103 Å². The first kappa shape index (κ1) is 16.8. The Bertz CT molecular complexity index is 252. The van der Waals surface area contributed by atoms with E-state index in [4.69, 9.17) is 14.6 Å². The van der Waals surface area contributed by atoms with Gasteiger partial charge in [-0.25, -0.2) is 0 Å². The highest BCUT2D eigenvalue weighted by Crippen LogP contribution is 1.92. The predicted octanol–water partition coefficient (Wildman–Crippen LogP) is 0.158. The zero-order chi connectivity index (χ0) is 13.0. The number of aliphatic hydroxyl groups excluding tert-OH is 1. The van der Waals surface area contributed by atoms with E-state index in [1.54, 1.807) is 0 Å². The van der Waals surface area contributed by atoms with Crippen molar-refractivity contribution in [3.63, 3.8) is 0 Å². The number of ether oxygens (including phenoxy) is 2. The minimum Gasteiger partial charge on any atom is -0.396 e. The molecule has 0 atom stereocenters. The zero-order valence-electron chi connectivity index (χ0n) is 10.3.